The maximum atomic E-state index is 14.0. The molecule has 0 radical (unpaired) electrons. The molecule has 4 aromatic rings. The second-order valence-corrected chi connectivity index (χ2v) is 10.1. The molecule has 1 aliphatic rings. The zero-order valence-electron chi connectivity index (χ0n) is 21.3. The standard InChI is InChI=1S/C30H32FN3O2S/c1-3-4-14-34-26(17-32-30(34)24-6-5-7-25(31)16-24)20-33(18-22-8-11-27(37-2)12-9-22)19-23-10-13-28-29(15-23)36-21-35-28/h5-13,15-17H,3-4,14,18-21H2,1-2H3. The van der Waals surface area contributed by atoms with Gasteiger partial charge < -0.3 is 14.0 Å². The second-order valence-electron chi connectivity index (χ2n) is 9.27. The summed E-state index contributed by atoms with van der Waals surface area (Å²) in [5, 5.41) is 0. The van der Waals surface area contributed by atoms with E-state index < -0.39 is 0 Å². The van der Waals surface area contributed by atoms with Gasteiger partial charge in [-0.05, 0) is 60.2 Å². The minimum Gasteiger partial charge on any atom is -0.454 e. The molecule has 0 spiro atoms. The lowest BCUT2D eigenvalue weighted by Crippen LogP contribution is -2.24. The Kier molecular flexibility index (Phi) is 8.12. The molecule has 1 aromatic heterocycles. The van der Waals surface area contributed by atoms with Crippen LogP contribution in [0.2, 0.25) is 0 Å². The first-order valence-electron chi connectivity index (χ1n) is 12.7. The van der Waals surface area contributed by atoms with E-state index in [0.717, 1.165) is 66.6 Å². The van der Waals surface area contributed by atoms with Crippen molar-refractivity contribution in [2.24, 2.45) is 0 Å². The molecule has 0 aliphatic carbocycles. The van der Waals surface area contributed by atoms with Gasteiger partial charge in [-0.25, -0.2) is 9.37 Å². The van der Waals surface area contributed by atoms with E-state index in [4.69, 9.17) is 14.5 Å². The molecule has 0 amide bonds. The van der Waals surface area contributed by atoms with Gasteiger partial charge in [-0.15, -0.1) is 11.8 Å². The average molecular weight is 518 g/mol. The number of halogens is 1. The van der Waals surface area contributed by atoms with Crippen molar-refractivity contribution in [2.75, 3.05) is 13.0 Å². The van der Waals surface area contributed by atoms with Crippen LogP contribution in [0.1, 0.15) is 36.6 Å². The minimum absolute atomic E-state index is 0.248. The molecule has 1 aliphatic heterocycles. The molecule has 0 saturated heterocycles. The number of thioether (sulfide) groups is 1. The summed E-state index contributed by atoms with van der Waals surface area (Å²) in [4.78, 5) is 8.42. The Labute approximate surface area is 222 Å². The Hall–Kier alpha value is -3.29. The molecule has 5 nitrogen and oxygen atoms in total. The van der Waals surface area contributed by atoms with Crippen molar-refractivity contribution in [2.45, 2.75) is 50.8 Å². The molecular formula is C30H32FN3O2S. The smallest absolute Gasteiger partial charge is 0.231 e. The first kappa shape index (κ1) is 25.4. The highest BCUT2D eigenvalue weighted by atomic mass is 32.2. The van der Waals surface area contributed by atoms with E-state index in [-0.39, 0.29) is 12.6 Å². The number of nitrogens with zero attached hydrogens (tertiary/aromatic N) is 3. The predicted octanol–water partition coefficient (Wildman–Crippen LogP) is 7.14. The van der Waals surface area contributed by atoms with E-state index in [9.17, 15) is 4.39 Å². The van der Waals surface area contributed by atoms with Gasteiger partial charge in [0.15, 0.2) is 11.5 Å². The Bertz CT molecular complexity index is 1340. The van der Waals surface area contributed by atoms with Crippen LogP contribution in [0.15, 0.2) is 77.8 Å². The topological polar surface area (TPSA) is 39.5 Å². The summed E-state index contributed by atoms with van der Waals surface area (Å²) in [5.41, 5.74) is 4.34. The fourth-order valence-corrected chi connectivity index (χ4v) is 5.05. The van der Waals surface area contributed by atoms with E-state index in [2.05, 4.69) is 59.0 Å². The average Bonchev–Trinajstić information content (AvgIpc) is 3.54. The Morgan fingerprint density at radius 1 is 0.946 bits per heavy atom. The summed E-state index contributed by atoms with van der Waals surface area (Å²) < 4.78 is 27.4. The zero-order chi connectivity index (χ0) is 25.6. The van der Waals surface area contributed by atoms with Crippen molar-refractivity contribution in [1.82, 2.24) is 14.5 Å². The lowest BCUT2D eigenvalue weighted by Gasteiger charge is -2.24. The summed E-state index contributed by atoms with van der Waals surface area (Å²) in [6.45, 7) is 5.54. The molecule has 2 heterocycles. The number of aromatic nitrogens is 2. The fourth-order valence-electron chi connectivity index (χ4n) is 4.64. The highest BCUT2D eigenvalue weighted by Gasteiger charge is 2.18. The number of rotatable bonds is 11. The number of hydrogen-bond acceptors (Lipinski definition) is 5. The number of ether oxygens (including phenoxy) is 2. The van der Waals surface area contributed by atoms with E-state index in [0.29, 0.717) is 6.54 Å². The molecule has 0 fully saturated rings. The van der Waals surface area contributed by atoms with Crippen molar-refractivity contribution >= 4 is 11.8 Å². The van der Waals surface area contributed by atoms with E-state index in [1.165, 1.54) is 16.5 Å². The van der Waals surface area contributed by atoms with Gasteiger partial charge in [-0.1, -0.05) is 43.7 Å². The van der Waals surface area contributed by atoms with Crippen molar-refractivity contribution in [1.29, 1.82) is 0 Å². The van der Waals surface area contributed by atoms with Gasteiger partial charge in [-0.2, -0.15) is 0 Å². The van der Waals surface area contributed by atoms with Gasteiger partial charge >= 0.3 is 0 Å². The molecule has 5 rings (SSSR count). The summed E-state index contributed by atoms with van der Waals surface area (Å²) in [6.07, 6.45) is 6.14. The molecule has 0 atom stereocenters. The number of benzene rings is 3. The van der Waals surface area contributed by atoms with Gasteiger partial charge in [-0.3, -0.25) is 4.90 Å². The van der Waals surface area contributed by atoms with Crippen LogP contribution in [0.25, 0.3) is 11.4 Å². The van der Waals surface area contributed by atoms with Gasteiger partial charge in [0.1, 0.15) is 11.6 Å². The SMILES string of the molecule is CCCCn1c(CN(Cc2ccc(SC)cc2)Cc2ccc3c(c2)OCO3)cnc1-c1cccc(F)c1. The fraction of sp³-hybridized carbons (Fsp3) is 0.300. The van der Waals surface area contributed by atoms with Crippen LogP contribution < -0.4 is 9.47 Å². The number of imidazole rings is 1. The van der Waals surface area contributed by atoms with Crippen LogP contribution in [-0.2, 0) is 26.2 Å². The summed E-state index contributed by atoms with van der Waals surface area (Å²) in [6, 6.07) is 21.6. The normalized spacial score (nSPS) is 12.4. The second kappa shape index (κ2) is 11.8. The molecule has 0 N–H and O–H groups in total. The molecular weight excluding hydrogens is 485 g/mol. The van der Waals surface area contributed by atoms with Crippen LogP contribution in [0.3, 0.4) is 0 Å². The van der Waals surface area contributed by atoms with Crippen molar-refractivity contribution in [3.8, 4) is 22.9 Å². The van der Waals surface area contributed by atoms with Crippen LogP contribution in [0, 0.1) is 5.82 Å². The Balaban J connectivity index is 1.45. The molecule has 0 unspecified atom stereocenters. The third-order valence-electron chi connectivity index (χ3n) is 6.55. The molecule has 192 valence electrons. The van der Waals surface area contributed by atoms with E-state index in [1.54, 1.807) is 23.9 Å². The number of fused-ring (bicyclic) bond motifs is 1. The van der Waals surface area contributed by atoms with Gasteiger partial charge in [0.2, 0.25) is 6.79 Å². The molecule has 0 bridgehead atoms. The lowest BCUT2D eigenvalue weighted by atomic mass is 10.1. The summed E-state index contributed by atoms with van der Waals surface area (Å²) >= 11 is 1.75. The number of unbranched alkanes of at least 4 members (excludes halogenated alkanes) is 1. The molecule has 37 heavy (non-hydrogen) atoms. The maximum Gasteiger partial charge on any atom is 0.231 e. The highest BCUT2D eigenvalue weighted by molar-refractivity contribution is 7.98. The Morgan fingerprint density at radius 2 is 1.73 bits per heavy atom. The van der Waals surface area contributed by atoms with Gasteiger partial charge in [0.05, 0.1) is 11.9 Å². The van der Waals surface area contributed by atoms with Crippen molar-refractivity contribution in [3.05, 3.63) is 95.6 Å². The monoisotopic (exact) mass is 517 g/mol. The third-order valence-corrected chi connectivity index (χ3v) is 7.29. The van der Waals surface area contributed by atoms with E-state index >= 15 is 0 Å². The Morgan fingerprint density at radius 3 is 2.51 bits per heavy atom. The van der Waals surface area contributed by atoms with Crippen molar-refractivity contribution in [3.63, 3.8) is 0 Å². The van der Waals surface area contributed by atoms with Crippen LogP contribution >= 0.6 is 11.8 Å². The van der Waals surface area contributed by atoms with Crippen LogP contribution in [-0.4, -0.2) is 27.5 Å². The zero-order valence-corrected chi connectivity index (χ0v) is 22.1. The first-order valence-corrected chi connectivity index (χ1v) is 13.9. The van der Waals surface area contributed by atoms with E-state index in [1.807, 2.05) is 18.3 Å². The quantitative estimate of drug-likeness (QED) is 0.198. The number of hydrogen-bond donors (Lipinski definition) is 0. The van der Waals surface area contributed by atoms with Gasteiger partial charge in [0.25, 0.3) is 0 Å². The largest absolute Gasteiger partial charge is 0.454 e. The van der Waals surface area contributed by atoms with Crippen molar-refractivity contribution < 1.29 is 13.9 Å². The van der Waals surface area contributed by atoms with Gasteiger partial charge in [0, 0.05) is 36.6 Å². The van der Waals surface area contributed by atoms with Crippen LogP contribution in [0.4, 0.5) is 4.39 Å². The third kappa shape index (κ3) is 6.17. The molecule has 3 aromatic carbocycles. The minimum atomic E-state index is -0.248. The summed E-state index contributed by atoms with van der Waals surface area (Å²) in [5.74, 6) is 2.15. The molecule has 0 saturated carbocycles. The predicted molar refractivity (Wildman–Crippen MR) is 146 cm³/mol. The van der Waals surface area contributed by atoms with Crippen LogP contribution in [0.5, 0.6) is 11.5 Å². The summed E-state index contributed by atoms with van der Waals surface area (Å²) in [7, 11) is 0. The first-order chi connectivity index (χ1) is 18.1. The highest BCUT2D eigenvalue weighted by Crippen LogP contribution is 2.33. The maximum absolute atomic E-state index is 14.0. The lowest BCUT2D eigenvalue weighted by molar-refractivity contribution is 0.174. The molecule has 7 heteroatoms.